The van der Waals surface area contributed by atoms with Crippen LogP contribution in [0.3, 0.4) is 0 Å². The summed E-state index contributed by atoms with van der Waals surface area (Å²) in [7, 11) is 0. The Balaban J connectivity index is 1.03. The number of pyridine rings is 2. The number of unbranched alkanes of at least 4 members (excludes halogenated alkanes) is 13. The molecule has 8 heteroatoms. The molecule has 4 aromatic rings. The molecule has 1 amide bonds. The van der Waals surface area contributed by atoms with Crippen LogP contribution in [-0.2, 0) is 11.3 Å². The van der Waals surface area contributed by atoms with E-state index in [9.17, 15) is 4.79 Å². The second kappa shape index (κ2) is 19.0. The lowest BCUT2D eigenvalue weighted by molar-refractivity contribution is -0.128. The average molecular weight is 679 g/mol. The van der Waals surface area contributed by atoms with Gasteiger partial charge >= 0.3 is 0 Å². The van der Waals surface area contributed by atoms with Gasteiger partial charge in [-0.25, -0.2) is 4.98 Å². The van der Waals surface area contributed by atoms with Crippen molar-refractivity contribution in [1.29, 1.82) is 0 Å². The molecule has 268 valence electrons. The fraction of sp³-hybridized carbons (Fsp3) is 0.571. The van der Waals surface area contributed by atoms with E-state index in [0.717, 1.165) is 66.5 Å². The van der Waals surface area contributed by atoms with Gasteiger partial charge in [-0.1, -0.05) is 96.5 Å². The number of carbonyl (C=O) groups excluding carboxylic acids is 1. The quantitative estimate of drug-likeness (QED) is 0.0817. The van der Waals surface area contributed by atoms with E-state index in [0.29, 0.717) is 18.7 Å². The molecule has 0 radical (unpaired) electrons. The van der Waals surface area contributed by atoms with Crippen molar-refractivity contribution in [2.45, 2.75) is 135 Å². The summed E-state index contributed by atoms with van der Waals surface area (Å²) in [6.07, 6.45) is 27.1. The number of imidazole rings is 1. The Hall–Kier alpha value is -3.78. The fourth-order valence-electron chi connectivity index (χ4n) is 7.76. The first-order valence-corrected chi connectivity index (χ1v) is 19.8. The molecule has 1 aromatic carbocycles. The van der Waals surface area contributed by atoms with Crippen LogP contribution in [0, 0.1) is 0 Å². The number of aromatic nitrogens is 4. The molecule has 0 saturated carbocycles. The zero-order chi connectivity index (χ0) is 34.4. The zero-order valence-corrected chi connectivity index (χ0v) is 30.4. The molecule has 1 atom stereocenters. The van der Waals surface area contributed by atoms with Gasteiger partial charge in [-0.2, -0.15) is 0 Å². The van der Waals surface area contributed by atoms with Crippen LogP contribution < -0.4 is 4.74 Å². The molecule has 2 aliphatic heterocycles. The number of likely N-dealkylation sites (tertiary alicyclic amines) is 2. The smallest absolute Gasteiger partial charge is 0.222 e. The summed E-state index contributed by atoms with van der Waals surface area (Å²) in [6.45, 7) is 5.90. The van der Waals surface area contributed by atoms with Crippen LogP contribution in [0.5, 0.6) is 11.5 Å². The van der Waals surface area contributed by atoms with Gasteiger partial charge in [-0.15, -0.1) is 0 Å². The standard InChI is InChI=1S/C42H58N6O2/c1-2-3-4-5-6-7-8-9-10-11-12-13-14-17-28-46-29-18-21-40(46)48-39-26-25-35(31-38(39)45-42(48)37-20-15-16-27-43-37)50-36-24-23-34(44-32-36)33-47-30-19-22-41(47)49/h15-16,20,23-27,31-32,40H,2-14,17-19,21-22,28-30,33H2,1H3. The summed E-state index contributed by atoms with van der Waals surface area (Å²) in [5.41, 5.74) is 3.78. The van der Waals surface area contributed by atoms with Gasteiger partial charge in [-0.3, -0.25) is 19.7 Å². The Morgan fingerprint density at radius 3 is 2.18 bits per heavy atom. The van der Waals surface area contributed by atoms with Crippen LogP contribution in [0.4, 0.5) is 0 Å². The van der Waals surface area contributed by atoms with E-state index >= 15 is 0 Å². The lowest BCUT2D eigenvalue weighted by atomic mass is 10.0. The average Bonchev–Trinajstić information content (AvgIpc) is 3.87. The molecule has 0 spiro atoms. The maximum Gasteiger partial charge on any atom is 0.222 e. The van der Waals surface area contributed by atoms with Crippen molar-refractivity contribution in [3.8, 4) is 23.0 Å². The maximum absolute atomic E-state index is 12.0. The number of hydrogen-bond donors (Lipinski definition) is 0. The number of ether oxygens (including phenoxy) is 1. The number of hydrogen-bond acceptors (Lipinski definition) is 6. The highest BCUT2D eigenvalue weighted by Gasteiger charge is 2.30. The molecule has 3 aromatic heterocycles. The van der Waals surface area contributed by atoms with E-state index in [1.165, 1.54) is 96.3 Å². The van der Waals surface area contributed by atoms with Crippen LogP contribution in [0.2, 0.25) is 0 Å². The van der Waals surface area contributed by atoms with Crippen LogP contribution in [-0.4, -0.2) is 54.9 Å². The lowest BCUT2D eigenvalue weighted by Gasteiger charge is -2.27. The predicted octanol–water partition coefficient (Wildman–Crippen LogP) is 10.5. The SMILES string of the molecule is CCCCCCCCCCCCCCCCN1CCCC1n1c(-c2ccccn2)nc2cc(Oc3ccc(CN4CCCC4=O)nc3)ccc21. The molecule has 8 nitrogen and oxygen atoms in total. The molecule has 50 heavy (non-hydrogen) atoms. The molecular formula is C42H58N6O2. The Labute approximate surface area is 299 Å². The first-order valence-electron chi connectivity index (χ1n) is 19.8. The summed E-state index contributed by atoms with van der Waals surface area (Å²) in [5.74, 6) is 2.52. The van der Waals surface area contributed by atoms with Crippen molar-refractivity contribution in [2.75, 3.05) is 19.6 Å². The predicted molar refractivity (Wildman–Crippen MR) is 202 cm³/mol. The normalized spacial score (nSPS) is 16.6. The third kappa shape index (κ3) is 9.93. The van der Waals surface area contributed by atoms with Crippen molar-refractivity contribution in [2.24, 2.45) is 0 Å². The molecule has 6 rings (SSSR count). The minimum Gasteiger partial charge on any atom is -0.456 e. The van der Waals surface area contributed by atoms with Crippen molar-refractivity contribution < 1.29 is 9.53 Å². The Bertz CT molecular complexity index is 1600. The molecule has 1 unspecified atom stereocenters. The van der Waals surface area contributed by atoms with E-state index in [1.54, 1.807) is 6.20 Å². The highest BCUT2D eigenvalue weighted by atomic mass is 16.5. The highest BCUT2D eigenvalue weighted by Crippen LogP contribution is 2.37. The first-order chi connectivity index (χ1) is 24.7. The molecule has 0 aliphatic carbocycles. The van der Waals surface area contributed by atoms with E-state index in [1.807, 2.05) is 47.5 Å². The van der Waals surface area contributed by atoms with E-state index in [4.69, 9.17) is 14.7 Å². The topological polar surface area (TPSA) is 76.4 Å². The van der Waals surface area contributed by atoms with Gasteiger partial charge in [0.15, 0.2) is 5.82 Å². The number of rotatable bonds is 21. The van der Waals surface area contributed by atoms with Gasteiger partial charge < -0.3 is 14.2 Å². The Kier molecular flexibility index (Phi) is 13.7. The van der Waals surface area contributed by atoms with Gasteiger partial charge in [0.2, 0.25) is 5.91 Å². The molecule has 0 bridgehead atoms. The van der Waals surface area contributed by atoms with E-state index in [2.05, 4.69) is 33.5 Å². The molecular weight excluding hydrogens is 621 g/mol. The van der Waals surface area contributed by atoms with Crippen LogP contribution in [0.1, 0.15) is 134 Å². The number of carbonyl (C=O) groups is 1. The number of nitrogens with zero attached hydrogens (tertiary/aromatic N) is 6. The zero-order valence-electron chi connectivity index (χ0n) is 30.4. The van der Waals surface area contributed by atoms with Crippen molar-refractivity contribution in [1.82, 2.24) is 29.3 Å². The molecule has 2 fully saturated rings. The van der Waals surface area contributed by atoms with Crippen molar-refractivity contribution >= 4 is 16.9 Å². The molecule has 2 aliphatic rings. The fourth-order valence-corrected chi connectivity index (χ4v) is 7.76. The van der Waals surface area contributed by atoms with Crippen LogP contribution in [0.15, 0.2) is 60.9 Å². The first kappa shape index (κ1) is 36.0. The third-order valence-electron chi connectivity index (χ3n) is 10.5. The van der Waals surface area contributed by atoms with Crippen LogP contribution >= 0.6 is 0 Å². The summed E-state index contributed by atoms with van der Waals surface area (Å²) in [6, 6.07) is 16.1. The summed E-state index contributed by atoms with van der Waals surface area (Å²) >= 11 is 0. The lowest BCUT2D eigenvalue weighted by Crippen LogP contribution is -2.29. The van der Waals surface area contributed by atoms with Crippen LogP contribution in [0.25, 0.3) is 22.6 Å². The number of amides is 1. The second-order valence-electron chi connectivity index (χ2n) is 14.4. The van der Waals surface area contributed by atoms with Gasteiger partial charge in [0.1, 0.15) is 17.2 Å². The molecule has 0 N–H and O–H groups in total. The minimum absolute atomic E-state index is 0.209. The summed E-state index contributed by atoms with van der Waals surface area (Å²) < 4.78 is 8.67. The summed E-state index contributed by atoms with van der Waals surface area (Å²) in [4.78, 5) is 31.0. The Morgan fingerprint density at radius 1 is 0.780 bits per heavy atom. The van der Waals surface area contributed by atoms with Gasteiger partial charge in [0.25, 0.3) is 0 Å². The molecule has 2 saturated heterocycles. The van der Waals surface area contributed by atoms with Gasteiger partial charge in [0.05, 0.1) is 35.6 Å². The van der Waals surface area contributed by atoms with Gasteiger partial charge in [-0.05, 0) is 62.1 Å². The monoisotopic (exact) mass is 678 g/mol. The second-order valence-corrected chi connectivity index (χ2v) is 14.4. The van der Waals surface area contributed by atoms with E-state index < -0.39 is 0 Å². The minimum atomic E-state index is 0.209. The number of fused-ring (bicyclic) bond motifs is 1. The van der Waals surface area contributed by atoms with Crippen molar-refractivity contribution in [3.05, 3.63) is 66.6 Å². The summed E-state index contributed by atoms with van der Waals surface area (Å²) in [5, 5.41) is 0. The van der Waals surface area contributed by atoms with Crippen molar-refractivity contribution in [3.63, 3.8) is 0 Å². The maximum atomic E-state index is 12.0. The Morgan fingerprint density at radius 2 is 1.52 bits per heavy atom. The highest BCUT2D eigenvalue weighted by molar-refractivity contribution is 5.82. The number of benzene rings is 1. The largest absolute Gasteiger partial charge is 0.456 e. The third-order valence-corrected chi connectivity index (χ3v) is 10.5. The van der Waals surface area contributed by atoms with E-state index in [-0.39, 0.29) is 12.1 Å². The molecule has 5 heterocycles. The van der Waals surface area contributed by atoms with Gasteiger partial charge in [0, 0.05) is 38.3 Å².